The Labute approximate surface area is 172 Å². The lowest BCUT2D eigenvalue weighted by molar-refractivity contribution is -0.122. The minimum Gasteiger partial charge on any atom is -0.368 e. The molecular weight excluding hydrogens is 424 g/mol. The van der Waals surface area contributed by atoms with E-state index in [0.29, 0.717) is 16.1 Å². The smallest absolute Gasteiger partial charge is 0.244 e. The standard InChI is InChI=1S/C19H18ClF2N3O3S/c20-15-5-7-16(8-6-15)29(27,28)25(17(19(24)26)9-10-18(21)22)12-14-3-1-13(11-23)2-4-14/h1-8,17-18H,9-10,12H2,(H2,24,26). The zero-order valence-electron chi connectivity index (χ0n) is 15.1. The molecule has 1 atom stereocenters. The summed E-state index contributed by atoms with van der Waals surface area (Å²) in [4.78, 5) is 11.8. The van der Waals surface area contributed by atoms with E-state index in [1.165, 1.54) is 48.5 Å². The van der Waals surface area contributed by atoms with E-state index < -0.39 is 41.2 Å². The van der Waals surface area contributed by atoms with Crippen LogP contribution in [0.4, 0.5) is 8.78 Å². The maximum Gasteiger partial charge on any atom is 0.244 e. The number of nitriles is 1. The van der Waals surface area contributed by atoms with Crippen molar-refractivity contribution in [2.45, 2.75) is 36.7 Å². The Balaban J connectivity index is 2.48. The Morgan fingerprint density at radius 2 is 1.69 bits per heavy atom. The van der Waals surface area contributed by atoms with Crippen molar-refractivity contribution in [3.8, 4) is 6.07 Å². The predicted octanol–water partition coefficient (Wildman–Crippen LogP) is 3.30. The van der Waals surface area contributed by atoms with Gasteiger partial charge < -0.3 is 5.73 Å². The third-order valence-electron chi connectivity index (χ3n) is 4.18. The van der Waals surface area contributed by atoms with Gasteiger partial charge in [0.1, 0.15) is 6.04 Å². The molecule has 2 rings (SSSR count). The van der Waals surface area contributed by atoms with E-state index in [-0.39, 0.29) is 11.4 Å². The first kappa shape index (κ1) is 22.7. The SMILES string of the molecule is N#Cc1ccc(CN(C(CCC(F)F)C(N)=O)S(=O)(=O)c2ccc(Cl)cc2)cc1. The van der Waals surface area contributed by atoms with Crippen LogP contribution in [0.5, 0.6) is 0 Å². The summed E-state index contributed by atoms with van der Waals surface area (Å²) in [6, 6.07) is 11.7. The Bertz CT molecular complexity index is 991. The number of nitrogens with zero attached hydrogens (tertiary/aromatic N) is 2. The van der Waals surface area contributed by atoms with Gasteiger partial charge in [0.25, 0.3) is 0 Å². The van der Waals surface area contributed by atoms with Crippen LogP contribution in [0.15, 0.2) is 53.4 Å². The van der Waals surface area contributed by atoms with Gasteiger partial charge in [-0.1, -0.05) is 23.7 Å². The van der Waals surface area contributed by atoms with Crippen LogP contribution in [0, 0.1) is 11.3 Å². The van der Waals surface area contributed by atoms with E-state index in [4.69, 9.17) is 22.6 Å². The molecule has 0 saturated carbocycles. The van der Waals surface area contributed by atoms with E-state index >= 15 is 0 Å². The number of hydrogen-bond donors (Lipinski definition) is 1. The predicted molar refractivity (Wildman–Crippen MR) is 104 cm³/mol. The van der Waals surface area contributed by atoms with Gasteiger partial charge >= 0.3 is 0 Å². The van der Waals surface area contributed by atoms with Gasteiger partial charge in [-0.15, -0.1) is 0 Å². The Morgan fingerprint density at radius 1 is 1.10 bits per heavy atom. The van der Waals surface area contributed by atoms with E-state index in [1.54, 1.807) is 0 Å². The summed E-state index contributed by atoms with van der Waals surface area (Å²) in [7, 11) is -4.26. The number of rotatable bonds is 9. The molecule has 0 fully saturated rings. The lowest BCUT2D eigenvalue weighted by Crippen LogP contribution is -2.47. The lowest BCUT2D eigenvalue weighted by Gasteiger charge is -2.29. The van der Waals surface area contributed by atoms with Gasteiger partial charge in [-0.2, -0.15) is 9.57 Å². The van der Waals surface area contributed by atoms with Gasteiger partial charge in [-0.3, -0.25) is 4.79 Å². The number of carbonyl (C=O) groups is 1. The number of benzene rings is 2. The number of halogens is 3. The highest BCUT2D eigenvalue weighted by atomic mass is 35.5. The van der Waals surface area contributed by atoms with E-state index in [2.05, 4.69) is 0 Å². The number of amides is 1. The Morgan fingerprint density at radius 3 is 2.17 bits per heavy atom. The zero-order valence-corrected chi connectivity index (χ0v) is 16.7. The number of alkyl halides is 2. The van der Waals surface area contributed by atoms with Gasteiger partial charge in [-0.05, 0) is 48.4 Å². The molecule has 0 aliphatic carbocycles. The summed E-state index contributed by atoms with van der Waals surface area (Å²) in [5.74, 6) is -1.03. The second-order valence-electron chi connectivity index (χ2n) is 6.20. The van der Waals surface area contributed by atoms with Gasteiger partial charge in [0.05, 0.1) is 16.5 Å². The van der Waals surface area contributed by atoms with Crippen LogP contribution in [0.1, 0.15) is 24.0 Å². The normalized spacial score (nSPS) is 12.7. The Hall–Kier alpha value is -2.54. The molecule has 2 aromatic carbocycles. The molecule has 1 unspecified atom stereocenters. The number of primary amides is 1. The number of sulfonamides is 1. The molecule has 0 aliphatic heterocycles. The molecule has 6 nitrogen and oxygen atoms in total. The van der Waals surface area contributed by atoms with Crippen LogP contribution in [0.3, 0.4) is 0 Å². The molecule has 2 aromatic rings. The van der Waals surface area contributed by atoms with Crippen molar-refractivity contribution < 1.29 is 22.0 Å². The van der Waals surface area contributed by atoms with Crippen molar-refractivity contribution in [2.75, 3.05) is 0 Å². The fourth-order valence-corrected chi connectivity index (χ4v) is 4.42. The van der Waals surface area contributed by atoms with Crippen LogP contribution in [-0.4, -0.2) is 31.1 Å². The highest BCUT2D eigenvalue weighted by Gasteiger charge is 2.35. The van der Waals surface area contributed by atoms with Crippen LogP contribution in [0.2, 0.25) is 5.02 Å². The summed E-state index contributed by atoms with van der Waals surface area (Å²) in [5.41, 5.74) is 6.20. The molecule has 0 aliphatic rings. The van der Waals surface area contributed by atoms with Gasteiger partial charge in [0.15, 0.2) is 0 Å². The average molecular weight is 442 g/mol. The molecule has 154 valence electrons. The van der Waals surface area contributed by atoms with E-state index in [9.17, 15) is 22.0 Å². The maximum absolute atomic E-state index is 13.2. The van der Waals surface area contributed by atoms with Crippen LogP contribution in [0.25, 0.3) is 0 Å². The van der Waals surface area contributed by atoms with Gasteiger partial charge in [0, 0.05) is 18.0 Å². The summed E-state index contributed by atoms with van der Waals surface area (Å²) < 4.78 is 52.7. The number of carbonyl (C=O) groups excluding carboxylic acids is 1. The summed E-state index contributed by atoms with van der Waals surface area (Å²) >= 11 is 5.80. The summed E-state index contributed by atoms with van der Waals surface area (Å²) in [5, 5.41) is 9.21. The third kappa shape index (κ3) is 5.97. The second kappa shape index (κ2) is 9.78. The van der Waals surface area contributed by atoms with Crippen LogP contribution < -0.4 is 5.73 Å². The minimum absolute atomic E-state index is 0.154. The van der Waals surface area contributed by atoms with Crippen molar-refractivity contribution in [1.29, 1.82) is 5.26 Å². The first-order valence-corrected chi connectivity index (χ1v) is 10.3. The van der Waals surface area contributed by atoms with Gasteiger partial charge in [-0.25, -0.2) is 17.2 Å². The van der Waals surface area contributed by atoms with Crippen molar-refractivity contribution >= 4 is 27.5 Å². The summed E-state index contributed by atoms with van der Waals surface area (Å²) in [6.07, 6.45) is -3.84. The minimum atomic E-state index is -4.26. The number of hydrogen-bond acceptors (Lipinski definition) is 4. The Kier molecular flexibility index (Phi) is 7.67. The van der Waals surface area contributed by atoms with Crippen molar-refractivity contribution in [3.05, 3.63) is 64.7 Å². The second-order valence-corrected chi connectivity index (χ2v) is 8.53. The molecule has 0 spiro atoms. The molecular formula is C19H18ClF2N3O3S. The molecule has 10 heteroatoms. The van der Waals surface area contributed by atoms with Crippen molar-refractivity contribution in [1.82, 2.24) is 4.31 Å². The van der Waals surface area contributed by atoms with E-state index in [1.807, 2.05) is 6.07 Å². The fourth-order valence-electron chi connectivity index (χ4n) is 2.68. The zero-order chi connectivity index (χ0) is 21.6. The molecule has 2 N–H and O–H groups in total. The third-order valence-corrected chi connectivity index (χ3v) is 6.30. The number of nitrogens with two attached hydrogens (primary N) is 1. The highest BCUT2D eigenvalue weighted by molar-refractivity contribution is 7.89. The molecule has 0 heterocycles. The summed E-state index contributed by atoms with van der Waals surface area (Å²) in [6.45, 7) is -0.284. The fraction of sp³-hybridized carbons (Fsp3) is 0.263. The molecule has 0 radical (unpaired) electrons. The quantitative estimate of drug-likeness (QED) is 0.644. The average Bonchev–Trinajstić information content (AvgIpc) is 2.67. The van der Waals surface area contributed by atoms with Crippen molar-refractivity contribution in [3.63, 3.8) is 0 Å². The molecule has 29 heavy (non-hydrogen) atoms. The molecule has 1 amide bonds. The van der Waals surface area contributed by atoms with Crippen LogP contribution >= 0.6 is 11.6 Å². The largest absolute Gasteiger partial charge is 0.368 e. The topological polar surface area (TPSA) is 104 Å². The molecule has 0 saturated heterocycles. The van der Waals surface area contributed by atoms with Crippen LogP contribution in [-0.2, 0) is 21.4 Å². The monoisotopic (exact) mass is 441 g/mol. The van der Waals surface area contributed by atoms with Gasteiger partial charge in [0.2, 0.25) is 22.4 Å². The first-order valence-electron chi connectivity index (χ1n) is 8.49. The van der Waals surface area contributed by atoms with Crippen molar-refractivity contribution in [2.24, 2.45) is 5.73 Å². The first-order chi connectivity index (χ1) is 13.6. The molecule has 0 bridgehead atoms. The maximum atomic E-state index is 13.2. The molecule has 0 aromatic heterocycles. The van der Waals surface area contributed by atoms with E-state index in [0.717, 1.165) is 4.31 Å². The lowest BCUT2D eigenvalue weighted by atomic mass is 10.1. The highest BCUT2D eigenvalue weighted by Crippen LogP contribution is 2.25.